The van der Waals surface area contributed by atoms with Gasteiger partial charge in [-0.1, -0.05) is 44.7 Å². The van der Waals surface area contributed by atoms with Gasteiger partial charge in [0.05, 0.1) is 11.0 Å². The van der Waals surface area contributed by atoms with Gasteiger partial charge in [0, 0.05) is 45.1 Å². The van der Waals surface area contributed by atoms with Crippen molar-refractivity contribution in [1.82, 2.24) is 14.5 Å². The molecule has 0 spiro atoms. The first-order chi connectivity index (χ1) is 15.5. The van der Waals surface area contributed by atoms with E-state index in [0.29, 0.717) is 38.9 Å². The van der Waals surface area contributed by atoms with Gasteiger partial charge in [0.1, 0.15) is 0 Å². The molecule has 0 atom stereocenters. The lowest BCUT2D eigenvalue weighted by molar-refractivity contribution is -0.131. The minimum absolute atomic E-state index is 0.170. The first-order valence-corrected chi connectivity index (χ1v) is 12.3. The Kier molecular flexibility index (Phi) is 9.30. The second-order valence-corrected chi connectivity index (χ2v) is 8.85. The van der Waals surface area contributed by atoms with Crippen LogP contribution in [0.2, 0.25) is 0 Å². The quantitative estimate of drug-likeness (QED) is 0.390. The molecule has 0 N–H and O–H groups in total. The number of imidazole rings is 1. The first kappa shape index (κ1) is 24.5. The highest BCUT2D eigenvalue weighted by molar-refractivity contribution is 5.80. The van der Waals surface area contributed by atoms with Gasteiger partial charge in [-0.25, -0.2) is 13.8 Å². The monoisotopic (exact) mass is 448 g/mol. The van der Waals surface area contributed by atoms with E-state index in [-0.39, 0.29) is 5.91 Å². The number of aryl methyl sites for hydroxylation is 1. The normalized spacial score (nSPS) is 15.1. The van der Waals surface area contributed by atoms with E-state index in [1.54, 1.807) is 0 Å². The van der Waals surface area contributed by atoms with Crippen LogP contribution in [0.1, 0.15) is 65.2 Å². The summed E-state index contributed by atoms with van der Waals surface area (Å²) in [5.74, 6) is 0.443. The SMILES string of the molecule is CCCCCCCN(CC)C(=O)CCn1c(N2CCC(C(F)F)CC2)nc2ccccc21. The number of rotatable bonds is 12. The number of halogens is 2. The number of piperidine rings is 1. The predicted octanol–water partition coefficient (Wildman–Crippen LogP) is 5.73. The van der Waals surface area contributed by atoms with Crippen LogP contribution in [-0.2, 0) is 11.3 Å². The molecule has 178 valence electrons. The fraction of sp³-hybridized carbons (Fsp3) is 0.680. The van der Waals surface area contributed by atoms with Gasteiger partial charge in [0.25, 0.3) is 0 Å². The second-order valence-electron chi connectivity index (χ2n) is 8.85. The number of hydrogen-bond donors (Lipinski definition) is 0. The maximum absolute atomic E-state index is 13.1. The number of fused-ring (bicyclic) bond motifs is 1. The van der Waals surface area contributed by atoms with Crippen molar-refractivity contribution >= 4 is 22.9 Å². The summed E-state index contributed by atoms with van der Waals surface area (Å²) < 4.78 is 28.3. The molecule has 2 heterocycles. The zero-order chi connectivity index (χ0) is 22.9. The van der Waals surface area contributed by atoms with Gasteiger partial charge < -0.3 is 14.4 Å². The number of carbonyl (C=O) groups is 1. The van der Waals surface area contributed by atoms with Gasteiger partial charge in [0.2, 0.25) is 18.3 Å². The molecule has 2 aromatic rings. The topological polar surface area (TPSA) is 41.4 Å². The van der Waals surface area contributed by atoms with Gasteiger partial charge in [-0.2, -0.15) is 0 Å². The minimum Gasteiger partial charge on any atom is -0.343 e. The zero-order valence-corrected chi connectivity index (χ0v) is 19.6. The van der Waals surface area contributed by atoms with Gasteiger partial charge in [-0.15, -0.1) is 0 Å². The van der Waals surface area contributed by atoms with Gasteiger partial charge in [-0.05, 0) is 38.3 Å². The third-order valence-corrected chi connectivity index (χ3v) is 6.63. The van der Waals surface area contributed by atoms with Crippen LogP contribution in [0.5, 0.6) is 0 Å². The van der Waals surface area contributed by atoms with Crippen LogP contribution in [0.3, 0.4) is 0 Å². The third-order valence-electron chi connectivity index (χ3n) is 6.63. The van der Waals surface area contributed by atoms with E-state index in [1.807, 2.05) is 36.1 Å². The van der Waals surface area contributed by atoms with Crippen LogP contribution < -0.4 is 4.90 Å². The molecule has 0 unspecified atom stereocenters. The lowest BCUT2D eigenvalue weighted by Gasteiger charge is -2.32. The van der Waals surface area contributed by atoms with Crippen LogP contribution in [0.15, 0.2) is 24.3 Å². The van der Waals surface area contributed by atoms with Gasteiger partial charge >= 0.3 is 0 Å². The van der Waals surface area contributed by atoms with E-state index in [0.717, 1.165) is 36.5 Å². The van der Waals surface area contributed by atoms with Gasteiger partial charge in [0.15, 0.2) is 0 Å². The highest BCUT2D eigenvalue weighted by Gasteiger charge is 2.28. The van der Waals surface area contributed by atoms with E-state index < -0.39 is 12.3 Å². The number of aromatic nitrogens is 2. The van der Waals surface area contributed by atoms with Crippen LogP contribution in [0, 0.1) is 5.92 Å². The summed E-state index contributed by atoms with van der Waals surface area (Å²) in [4.78, 5) is 21.8. The fourth-order valence-corrected chi connectivity index (χ4v) is 4.61. The molecule has 3 rings (SSSR count). The van der Waals surface area contributed by atoms with E-state index in [1.165, 1.54) is 25.7 Å². The summed E-state index contributed by atoms with van der Waals surface area (Å²) in [5, 5.41) is 0. The van der Waals surface area contributed by atoms with Crippen LogP contribution in [0.4, 0.5) is 14.7 Å². The molecule has 1 aliphatic rings. The molecule has 32 heavy (non-hydrogen) atoms. The molecular formula is C25H38F2N4O. The number of para-hydroxylation sites is 2. The lowest BCUT2D eigenvalue weighted by atomic mass is 9.98. The minimum atomic E-state index is -2.25. The van der Waals surface area contributed by atoms with Gasteiger partial charge in [-0.3, -0.25) is 4.79 Å². The Hall–Kier alpha value is -2.18. The number of unbranched alkanes of at least 4 members (excludes halogenated alkanes) is 4. The first-order valence-electron chi connectivity index (χ1n) is 12.3. The van der Waals surface area contributed by atoms with Crippen molar-refractivity contribution in [2.24, 2.45) is 5.92 Å². The Morgan fingerprint density at radius 1 is 1.12 bits per heavy atom. The number of nitrogens with zero attached hydrogens (tertiary/aromatic N) is 4. The maximum Gasteiger partial charge on any atom is 0.241 e. The lowest BCUT2D eigenvalue weighted by Crippen LogP contribution is -2.37. The summed E-state index contributed by atoms with van der Waals surface area (Å²) in [6, 6.07) is 7.92. The van der Waals surface area contributed by atoms with Crippen LogP contribution in [-0.4, -0.2) is 53.0 Å². The molecule has 0 aliphatic carbocycles. The van der Waals surface area contributed by atoms with E-state index in [9.17, 15) is 13.6 Å². The Labute approximate surface area is 190 Å². The van der Waals surface area contributed by atoms with Crippen molar-refractivity contribution in [2.75, 3.05) is 31.1 Å². The Balaban J connectivity index is 1.66. The van der Waals surface area contributed by atoms with Crippen molar-refractivity contribution in [3.05, 3.63) is 24.3 Å². The van der Waals surface area contributed by atoms with Crippen molar-refractivity contribution < 1.29 is 13.6 Å². The molecule has 1 saturated heterocycles. The van der Waals surface area contributed by atoms with E-state index in [4.69, 9.17) is 4.98 Å². The van der Waals surface area contributed by atoms with E-state index >= 15 is 0 Å². The Bertz CT molecular complexity index is 846. The molecule has 0 radical (unpaired) electrons. The summed E-state index contributed by atoms with van der Waals surface area (Å²) >= 11 is 0. The highest BCUT2D eigenvalue weighted by Crippen LogP contribution is 2.29. The molecule has 5 nitrogen and oxygen atoms in total. The molecule has 1 aromatic carbocycles. The molecule has 1 aromatic heterocycles. The van der Waals surface area contributed by atoms with Crippen LogP contribution in [0.25, 0.3) is 11.0 Å². The molecule has 7 heteroatoms. The average molecular weight is 449 g/mol. The maximum atomic E-state index is 13.1. The number of hydrogen-bond acceptors (Lipinski definition) is 3. The van der Waals surface area contributed by atoms with Crippen molar-refractivity contribution in [2.45, 2.75) is 78.2 Å². The number of carbonyl (C=O) groups excluding carboxylic acids is 1. The van der Waals surface area contributed by atoms with Crippen LogP contribution >= 0.6 is 0 Å². The zero-order valence-electron chi connectivity index (χ0n) is 19.6. The summed E-state index contributed by atoms with van der Waals surface area (Å²) in [7, 11) is 0. The number of anilines is 1. The highest BCUT2D eigenvalue weighted by atomic mass is 19.3. The largest absolute Gasteiger partial charge is 0.343 e. The Morgan fingerprint density at radius 2 is 1.84 bits per heavy atom. The molecule has 0 saturated carbocycles. The van der Waals surface area contributed by atoms with E-state index in [2.05, 4.69) is 16.4 Å². The van der Waals surface area contributed by atoms with Crippen molar-refractivity contribution in [3.8, 4) is 0 Å². The molecule has 1 amide bonds. The summed E-state index contributed by atoms with van der Waals surface area (Å²) in [6.45, 7) is 7.49. The summed E-state index contributed by atoms with van der Waals surface area (Å²) in [5.41, 5.74) is 1.88. The molecular weight excluding hydrogens is 410 g/mol. The fourth-order valence-electron chi connectivity index (χ4n) is 4.61. The Morgan fingerprint density at radius 3 is 2.53 bits per heavy atom. The number of benzene rings is 1. The summed E-state index contributed by atoms with van der Waals surface area (Å²) in [6.07, 6.45) is 5.04. The third kappa shape index (κ3) is 6.20. The van der Waals surface area contributed by atoms with Crippen molar-refractivity contribution in [1.29, 1.82) is 0 Å². The smallest absolute Gasteiger partial charge is 0.241 e. The molecule has 1 aliphatic heterocycles. The second kappa shape index (κ2) is 12.2. The average Bonchev–Trinajstić information content (AvgIpc) is 3.18. The molecule has 0 bridgehead atoms. The number of amides is 1. The predicted molar refractivity (Wildman–Crippen MR) is 126 cm³/mol. The standard InChI is InChI=1S/C25H38F2N4O/c1-3-5-6-7-10-16-29(4-2)23(32)15-19-31-22-12-9-8-11-21(22)28-25(31)30-17-13-20(14-18-30)24(26)27/h8-9,11-12,20,24H,3-7,10,13-19H2,1-2H3. The van der Waals surface area contributed by atoms with Crippen molar-refractivity contribution in [3.63, 3.8) is 0 Å². The number of alkyl halides is 2. The molecule has 1 fully saturated rings.